The number of nitrogens with zero attached hydrogens (tertiary/aromatic N) is 2. The number of halogens is 3. The summed E-state index contributed by atoms with van der Waals surface area (Å²) in [7, 11) is 0. The fraction of sp³-hybridized carbons (Fsp3) is 0.882. The van der Waals surface area contributed by atoms with Crippen LogP contribution in [0.15, 0.2) is 4.99 Å². The van der Waals surface area contributed by atoms with E-state index < -0.39 is 18.2 Å². The third-order valence-electron chi connectivity index (χ3n) is 3.72. The zero-order chi connectivity index (χ0) is 19.8. The van der Waals surface area contributed by atoms with Crippen LogP contribution in [-0.2, 0) is 4.74 Å². The Morgan fingerprint density at radius 1 is 1.27 bits per heavy atom. The molecule has 0 bridgehead atoms. The summed E-state index contributed by atoms with van der Waals surface area (Å²) in [6.45, 7) is 9.31. The van der Waals surface area contributed by atoms with Crippen molar-refractivity contribution in [3.8, 4) is 0 Å². The number of nitrogens with one attached hydrogen (secondary N) is 2. The van der Waals surface area contributed by atoms with Crippen LogP contribution in [0.5, 0.6) is 0 Å². The molecule has 2 N–H and O–H groups in total. The minimum absolute atomic E-state index is 0.161. The normalized spacial score (nSPS) is 19.3. The van der Waals surface area contributed by atoms with E-state index in [-0.39, 0.29) is 18.6 Å². The van der Waals surface area contributed by atoms with Crippen LogP contribution in [-0.4, -0.2) is 61.5 Å². The van der Waals surface area contributed by atoms with Crippen LogP contribution < -0.4 is 10.6 Å². The summed E-state index contributed by atoms with van der Waals surface area (Å²) in [5, 5.41) is 5.64. The van der Waals surface area contributed by atoms with Crippen LogP contribution in [0.1, 0.15) is 47.0 Å². The highest BCUT2D eigenvalue weighted by Gasteiger charge is 2.28. The molecule has 1 unspecified atom stereocenters. The van der Waals surface area contributed by atoms with Gasteiger partial charge in [0.2, 0.25) is 0 Å². The summed E-state index contributed by atoms with van der Waals surface area (Å²) < 4.78 is 42.2. The van der Waals surface area contributed by atoms with Crippen molar-refractivity contribution >= 4 is 12.1 Å². The van der Waals surface area contributed by atoms with Crippen LogP contribution in [0.3, 0.4) is 0 Å². The molecule has 1 amide bonds. The SMILES string of the molecule is CCNC(=NCC1CCCN(C(=O)OC(C)(C)C)C1)NCCC(F)(F)F. The highest BCUT2D eigenvalue weighted by molar-refractivity contribution is 5.79. The molecule has 1 heterocycles. The summed E-state index contributed by atoms with van der Waals surface area (Å²) >= 11 is 0. The first-order chi connectivity index (χ1) is 12.0. The second-order valence-electron chi connectivity index (χ2n) is 7.45. The molecule has 1 saturated heterocycles. The lowest BCUT2D eigenvalue weighted by Gasteiger charge is -2.33. The van der Waals surface area contributed by atoms with Gasteiger partial charge in [0.05, 0.1) is 6.42 Å². The fourth-order valence-electron chi connectivity index (χ4n) is 2.59. The van der Waals surface area contributed by atoms with Gasteiger partial charge in [-0.05, 0) is 46.5 Å². The maximum absolute atomic E-state index is 12.3. The quantitative estimate of drug-likeness (QED) is 0.568. The molecule has 0 aromatic rings. The van der Waals surface area contributed by atoms with Gasteiger partial charge in [0.1, 0.15) is 5.60 Å². The van der Waals surface area contributed by atoms with Crippen LogP contribution in [0.25, 0.3) is 0 Å². The van der Waals surface area contributed by atoms with E-state index in [9.17, 15) is 18.0 Å². The van der Waals surface area contributed by atoms with E-state index in [1.165, 1.54) is 0 Å². The van der Waals surface area contributed by atoms with E-state index in [1.807, 2.05) is 27.7 Å². The third-order valence-corrected chi connectivity index (χ3v) is 3.72. The number of amides is 1. The Bertz CT molecular complexity index is 476. The number of guanidine groups is 1. The third kappa shape index (κ3) is 9.72. The summed E-state index contributed by atoms with van der Waals surface area (Å²) in [6, 6.07) is 0. The number of carbonyl (C=O) groups excluding carboxylic acids is 1. The van der Waals surface area contributed by atoms with Gasteiger partial charge in [-0.3, -0.25) is 4.99 Å². The molecule has 0 radical (unpaired) electrons. The lowest BCUT2D eigenvalue weighted by molar-refractivity contribution is -0.132. The number of alkyl halides is 3. The Labute approximate surface area is 153 Å². The molecule has 1 fully saturated rings. The van der Waals surface area contributed by atoms with E-state index >= 15 is 0 Å². The molecular weight excluding hydrogens is 349 g/mol. The number of hydrogen-bond donors (Lipinski definition) is 2. The first-order valence-electron chi connectivity index (χ1n) is 9.07. The van der Waals surface area contributed by atoms with E-state index in [4.69, 9.17) is 4.74 Å². The maximum atomic E-state index is 12.3. The Kier molecular flexibility index (Phi) is 8.49. The summed E-state index contributed by atoms with van der Waals surface area (Å²) in [5.74, 6) is 0.528. The predicted molar refractivity (Wildman–Crippen MR) is 95.2 cm³/mol. The molecule has 152 valence electrons. The van der Waals surface area contributed by atoms with Crippen LogP contribution >= 0.6 is 0 Å². The van der Waals surface area contributed by atoms with E-state index in [0.29, 0.717) is 32.1 Å². The van der Waals surface area contributed by atoms with Crippen molar-refractivity contribution in [1.82, 2.24) is 15.5 Å². The van der Waals surface area contributed by atoms with E-state index in [0.717, 1.165) is 12.8 Å². The molecule has 0 saturated carbocycles. The first kappa shape index (κ1) is 22.4. The number of aliphatic imine (C=N–C) groups is 1. The van der Waals surface area contributed by atoms with Gasteiger partial charge >= 0.3 is 12.3 Å². The minimum atomic E-state index is -4.19. The Balaban J connectivity index is 2.53. The molecule has 0 spiro atoms. The molecule has 0 aromatic heterocycles. The molecule has 1 aliphatic rings. The second kappa shape index (κ2) is 9.87. The predicted octanol–water partition coefficient (Wildman–Crippen LogP) is 3.14. The lowest BCUT2D eigenvalue weighted by Crippen LogP contribution is -2.44. The second-order valence-corrected chi connectivity index (χ2v) is 7.45. The molecule has 1 aliphatic heterocycles. The summed E-state index contributed by atoms with van der Waals surface area (Å²) in [5.41, 5.74) is -0.539. The summed E-state index contributed by atoms with van der Waals surface area (Å²) in [4.78, 5) is 18.2. The van der Waals surface area contributed by atoms with Gasteiger partial charge in [-0.1, -0.05) is 0 Å². The highest BCUT2D eigenvalue weighted by Crippen LogP contribution is 2.20. The van der Waals surface area contributed by atoms with Crippen molar-refractivity contribution in [2.24, 2.45) is 10.9 Å². The smallest absolute Gasteiger partial charge is 0.410 e. The Morgan fingerprint density at radius 3 is 2.54 bits per heavy atom. The average molecular weight is 380 g/mol. The monoisotopic (exact) mass is 380 g/mol. The van der Waals surface area contributed by atoms with Gasteiger partial charge in [-0.2, -0.15) is 13.2 Å². The minimum Gasteiger partial charge on any atom is -0.444 e. The van der Waals surface area contributed by atoms with Crippen molar-refractivity contribution in [2.45, 2.75) is 58.7 Å². The summed E-state index contributed by atoms with van der Waals surface area (Å²) in [6.07, 6.45) is -3.65. The van der Waals surface area contributed by atoms with Crippen molar-refractivity contribution in [1.29, 1.82) is 0 Å². The highest BCUT2D eigenvalue weighted by atomic mass is 19.4. The molecule has 0 aromatic carbocycles. The molecule has 0 aliphatic carbocycles. The van der Waals surface area contributed by atoms with Crippen LogP contribution in [0.4, 0.5) is 18.0 Å². The largest absolute Gasteiger partial charge is 0.444 e. The molecule has 1 atom stereocenters. The lowest BCUT2D eigenvalue weighted by atomic mass is 9.98. The van der Waals surface area contributed by atoms with Crippen molar-refractivity contribution in [3.05, 3.63) is 0 Å². The average Bonchev–Trinajstić information content (AvgIpc) is 2.50. The van der Waals surface area contributed by atoms with Crippen molar-refractivity contribution in [2.75, 3.05) is 32.7 Å². The van der Waals surface area contributed by atoms with E-state index in [2.05, 4.69) is 15.6 Å². The van der Waals surface area contributed by atoms with Gasteiger partial charge in [0.25, 0.3) is 0 Å². The molecule has 9 heteroatoms. The van der Waals surface area contributed by atoms with Crippen LogP contribution in [0, 0.1) is 5.92 Å². The number of rotatable bonds is 5. The molecule has 6 nitrogen and oxygen atoms in total. The number of hydrogen-bond acceptors (Lipinski definition) is 3. The van der Waals surface area contributed by atoms with Crippen molar-refractivity contribution in [3.63, 3.8) is 0 Å². The van der Waals surface area contributed by atoms with Gasteiger partial charge in [0, 0.05) is 32.7 Å². The zero-order valence-electron chi connectivity index (χ0n) is 16.1. The van der Waals surface area contributed by atoms with Gasteiger partial charge in [-0.15, -0.1) is 0 Å². The number of ether oxygens (including phenoxy) is 1. The molecule has 1 rings (SSSR count). The van der Waals surface area contributed by atoms with Gasteiger partial charge < -0.3 is 20.3 Å². The molecular formula is C17H31F3N4O2. The number of likely N-dealkylation sites (tertiary alicyclic amines) is 1. The van der Waals surface area contributed by atoms with E-state index in [1.54, 1.807) is 4.90 Å². The topological polar surface area (TPSA) is 66.0 Å². The maximum Gasteiger partial charge on any atom is 0.410 e. The zero-order valence-corrected chi connectivity index (χ0v) is 16.1. The van der Waals surface area contributed by atoms with Crippen molar-refractivity contribution < 1.29 is 22.7 Å². The Morgan fingerprint density at radius 2 is 1.96 bits per heavy atom. The first-order valence-corrected chi connectivity index (χ1v) is 9.07. The van der Waals surface area contributed by atoms with Gasteiger partial charge in [-0.25, -0.2) is 4.79 Å². The number of carbonyl (C=O) groups is 1. The standard InChI is InChI=1S/C17H31F3N4O2/c1-5-21-14(22-9-8-17(18,19)20)23-11-13-7-6-10-24(12-13)15(25)26-16(2,3)4/h13H,5-12H2,1-4H3,(H2,21,22,23). The molecule has 26 heavy (non-hydrogen) atoms. The Hall–Kier alpha value is -1.67. The fourth-order valence-corrected chi connectivity index (χ4v) is 2.59. The van der Waals surface area contributed by atoms with Gasteiger partial charge in [0.15, 0.2) is 5.96 Å². The van der Waals surface area contributed by atoms with Crippen LogP contribution in [0.2, 0.25) is 0 Å². The number of piperidine rings is 1.